The molecule has 5 aromatic rings. The summed E-state index contributed by atoms with van der Waals surface area (Å²) >= 11 is 0. The summed E-state index contributed by atoms with van der Waals surface area (Å²) in [5.74, 6) is 1.21. The third-order valence-corrected chi connectivity index (χ3v) is 9.09. The molecule has 9 rings (SSSR count). The largest absolute Gasteiger partial charge is 0.333 e. The number of hydrogen-bond donors (Lipinski definition) is 0. The summed E-state index contributed by atoms with van der Waals surface area (Å²) in [5, 5.41) is 2.61. The smallest absolute Gasteiger partial charge is 0.119 e. The number of nitrogens with zero attached hydrogens (tertiary/aromatic N) is 3. The minimum absolute atomic E-state index is 0.291. The number of hydrogen-bond acceptors (Lipinski definition) is 2. The number of allylic oxidation sites excluding steroid dienone is 6. The van der Waals surface area contributed by atoms with E-state index in [2.05, 4.69) is 154 Å². The van der Waals surface area contributed by atoms with Gasteiger partial charge in [-0.25, -0.2) is 0 Å². The molecule has 1 aromatic heterocycles. The molecule has 0 saturated carbocycles. The quantitative estimate of drug-likeness (QED) is 0.226. The van der Waals surface area contributed by atoms with Crippen LogP contribution >= 0.6 is 0 Å². The van der Waals surface area contributed by atoms with Gasteiger partial charge in [-0.3, -0.25) is 4.90 Å². The maximum Gasteiger partial charge on any atom is 0.119 e. The van der Waals surface area contributed by atoms with Crippen molar-refractivity contribution in [3.05, 3.63) is 151 Å². The van der Waals surface area contributed by atoms with E-state index in [-0.39, 0.29) is 0 Å². The standard InChI is InChI=1S/C38H29N3/c1-2-13-27(14-3-1)39-34-19-9-5-17-31(34)32-23-22-28(25-37(32)39)40-35-20-10-6-15-29(35)30-16-7-11-21-36(30)41-33-18-8-4-12-26(33)24-38(40)41/h1-13,15-17,19-25,27,33H,14,18H2. The Morgan fingerprint density at radius 1 is 0.634 bits per heavy atom. The van der Waals surface area contributed by atoms with Crippen molar-refractivity contribution in [1.82, 2.24) is 4.57 Å². The summed E-state index contributed by atoms with van der Waals surface area (Å²) in [6.07, 6.45) is 20.1. The molecule has 0 N–H and O–H groups in total. The van der Waals surface area contributed by atoms with E-state index >= 15 is 0 Å². The minimum atomic E-state index is 0.291. The van der Waals surface area contributed by atoms with Gasteiger partial charge in [-0.1, -0.05) is 103 Å². The molecule has 0 spiro atoms. The molecule has 196 valence electrons. The highest BCUT2D eigenvalue weighted by atomic mass is 15.4. The van der Waals surface area contributed by atoms with Gasteiger partial charge in [0.15, 0.2) is 0 Å². The molecule has 2 atom stereocenters. The summed E-state index contributed by atoms with van der Waals surface area (Å²) in [6.45, 7) is 0. The molecule has 0 saturated heterocycles. The van der Waals surface area contributed by atoms with Gasteiger partial charge in [0, 0.05) is 33.1 Å². The predicted octanol–water partition coefficient (Wildman–Crippen LogP) is 9.59. The van der Waals surface area contributed by atoms with E-state index in [0.717, 1.165) is 12.8 Å². The van der Waals surface area contributed by atoms with E-state index in [1.807, 2.05) is 0 Å². The summed E-state index contributed by atoms with van der Waals surface area (Å²) in [6, 6.07) is 34.3. The first-order valence-electron chi connectivity index (χ1n) is 14.6. The van der Waals surface area contributed by atoms with E-state index in [9.17, 15) is 0 Å². The van der Waals surface area contributed by atoms with Gasteiger partial charge in [0.25, 0.3) is 0 Å². The van der Waals surface area contributed by atoms with Crippen molar-refractivity contribution in [1.29, 1.82) is 0 Å². The molecular weight excluding hydrogens is 498 g/mol. The maximum atomic E-state index is 2.57. The molecule has 2 aliphatic carbocycles. The molecule has 4 aliphatic rings. The molecule has 4 aromatic carbocycles. The summed E-state index contributed by atoms with van der Waals surface area (Å²) in [5.41, 5.74) is 10.1. The maximum absolute atomic E-state index is 2.57. The lowest BCUT2D eigenvalue weighted by Gasteiger charge is -2.35. The minimum Gasteiger partial charge on any atom is -0.333 e. The lowest BCUT2D eigenvalue weighted by Crippen LogP contribution is -2.36. The van der Waals surface area contributed by atoms with Gasteiger partial charge < -0.3 is 9.47 Å². The van der Waals surface area contributed by atoms with E-state index in [1.54, 1.807) is 0 Å². The average Bonchev–Trinajstić information content (AvgIpc) is 3.54. The highest BCUT2D eigenvalue weighted by Gasteiger charge is 2.39. The first kappa shape index (κ1) is 22.8. The van der Waals surface area contributed by atoms with Crippen LogP contribution in [0.4, 0.5) is 17.1 Å². The fraction of sp³-hybridized carbons (Fsp3) is 0.105. The van der Waals surface area contributed by atoms with Crippen molar-refractivity contribution in [3.8, 4) is 11.1 Å². The van der Waals surface area contributed by atoms with Gasteiger partial charge in [0.1, 0.15) is 5.82 Å². The molecule has 41 heavy (non-hydrogen) atoms. The molecule has 2 aliphatic heterocycles. The number of para-hydroxylation sites is 3. The number of fused-ring (bicyclic) bond motifs is 10. The predicted molar refractivity (Wildman–Crippen MR) is 172 cm³/mol. The van der Waals surface area contributed by atoms with Crippen LogP contribution < -0.4 is 9.80 Å². The summed E-state index contributed by atoms with van der Waals surface area (Å²) in [7, 11) is 0. The van der Waals surface area contributed by atoms with Gasteiger partial charge in [-0.2, -0.15) is 0 Å². The Labute approximate surface area is 239 Å². The van der Waals surface area contributed by atoms with Crippen LogP contribution in [0.1, 0.15) is 18.9 Å². The van der Waals surface area contributed by atoms with E-state index < -0.39 is 0 Å². The monoisotopic (exact) mass is 527 g/mol. The Kier molecular flexibility index (Phi) is 4.85. The fourth-order valence-corrected chi connectivity index (χ4v) is 7.32. The van der Waals surface area contributed by atoms with Crippen LogP contribution in [0.5, 0.6) is 0 Å². The number of aromatic nitrogens is 1. The topological polar surface area (TPSA) is 11.4 Å². The van der Waals surface area contributed by atoms with Gasteiger partial charge in [0.2, 0.25) is 0 Å². The summed E-state index contributed by atoms with van der Waals surface area (Å²) < 4.78 is 2.54. The number of benzene rings is 4. The van der Waals surface area contributed by atoms with Crippen molar-refractivity contribution >= 4 is 38.9 Å². The highest BCUT2D eigenvalue weighted by molar-refractivity contribution is 6.09. The Balaban J connectivity index is 1.33. The van der Waals surface area contributed by atoms with E-state index in [1.165, 1.54) is 61.4 Å². The first-order valence-corrected chi connectivity index (χ1v) is 14.6. The Bertz CT molecular complexity index is 2030. The van der Waals surface area contributed by atoms with Crippen molar-refractivity contribution in [3.63, 3.8) is 0 Å². The zero-order chi connectivity index (χ0) is 26.9. The molecule has 3 heteroatoms. The van der Waals surface area contributed by atoms with Crippen LogP contribution in [0, 0.1) is 0 Å². The van der Waals surface area contributed by atoms with Gasteiger partial charge in [-0.05, 0) is 54.8 Å². The van der Waals surface area contributed by atoms with Crippen molar-refractivity contribution < 1.29 is 0 Å². The molecule has 0 amide bonds. The van der Waals surface area contributed by atoms with Crippen molar-refractivity contribution in [2.45, 2.75) is 24.9 Å². The van der Waals surface area contributed by atoms with Gasteiger partial charge in [-0.15, -0.1) is 0 Å². The molecule has 0 radical (unpaired) electrons. The molecule has 0 fully saturated rings. The Hall–Kier alpha value is -5.02. The second-order valence-corrected chi connectivity index (χ2v) is 11.3. The summed E-state index contributed by atoms with van der Waals surface area (Å²) in [4.78, 5) is 5.06. The fourth-order valence-electron chi connectivity index (χ4n) is 7.32. The van der Waals surface area contributed by atoms with Crippen LogP contribution in [0.25, 0.3) is 32.9 Å². The Morgan fingerprint density at radius 2 is 1.39 bits per heavy atom. The number of rotatable bonds is 2. The average molecular weight is 528 g/mol. The van der Waals surface area contributed by atoms with Crippen LogP contribution in [0.3, 0.4) is 0 Å². The lowest BCUT2D eigenvalue weighted by atomic mass is 9.97. The third kappa shape index (κ3) is 3.26. The van der Waals surface area contributed by atoms with Crippen molar-refractivity contribution in [2.24, 2.45) is 0 Å². The van der Waals surface area contributed by atoms with Crippen LogP contribution in [-0.4, -0.2) is 10.6 Å². The highest BCUT2D eigenvalue weighted by Crippen LogP contribution is 2.51. The second-order valence-electron chi connectivity index (χ2n) is 11.3. The zero-order valence-electron chi connectivity index (χ0n) is 22.7. The first-order chi connectivity index (χ1) is 20.4. The normalized spacial score (nSPS) is 20.4. The van der Waals surface area contributed by atoms with Gasteiger partial charge in [0.05, 0.1) is 29.0 Å². The molecular formula is C38H29N3. The van der Waals surface area contributed by atoms with Crippen LogP contribution in [0.15, 0.2) is 151 Å². The van der Waals surface area contributed by atoms with Crippen LogP contribution in [-0.2, 0) is 0 Å². The molecule has 2 unspecified atom stereocenters. The molecule has 3 heterocycles. The molecule has 3 nitrogen and oxygen atoms in total. The van der Waals surface area contributed by atoms with E-state index in [4.69, 9.17) is 0 Å². The lowest BCUT2D eigenvalue weighted by molar-refractivity contribution is 0.648. The van der Waals surface area contributed by atoms with Crippen molar-refractivity contribution in [2.75, 3.05) is 9.80 Å². The second kappa shape index (κ2) is 8.74. The van der Waals surface area contributed by atoms with E-state index in [0.29, 0.717) is 12.1 Å². The Morgan fingerprint density at radius 3 is 2.27 bits per heavy atom. The SMILES string of the molecule is C1=CCC2C(=C1)C=C1N(c3ccc4c5ccccc5n(C5C=CC=CC5)c4c3)c3ccccc3-c3ccccc3N12. The third-order valence-electron chi connectivity index (χ3n) is 9.09. The van der Waals surface area contributed by atoms with Gasteiger partial charge >= 0.3 is 0 Å². The molecule has 0 bridgehead atoms. The zero-order valence-corrected chi connectivity index (χ0v) is 22.7. The number of anilines is 3. The van der Waals surface area contributed by atoms with Crippen LogP contribution in [0.2, 0.25) is 0 Å².